The third-order valence-corrected chi connectivity index (χ3v) is 10.9. The Morgan fingerprint density at radius 2 is 1.69 bits per heavy atom. The molecule has 262 valence electrons. The Balaban J connectivity index is 1.92. The topological polar surface area (TPSA) is 101 Å². The van der Waals surface area contributed by atoms with Crippen LogP contribution < -0.4 is 0 Å². The molecule has 10 heteroatoms. The van der Waals surface area contributed by atoms with E-state index in [1.165, 1.54) is 0 Å². The predicted octanol–water partition coefficient (Wildman–Crippen LogP) is 3.68. The molecule has 0 aromatic heterocycles. The molecule has 0 radical (unpaired) electrons. The first-order valence-corrected chi connectivity index (χ1v) is 17.1. The molecule has 0 spiro atoms. The summed E-state index contributed by atoms with van der Waals surface area (Å²) in [6, 6.07) is 0.421. The van der Waals surface area contributed by atoms with E-state index in [-0.39, 0.29) is 36.5 Å². The second-order valence-corrected chi connectivity index (χ2v) is 16.1. The van der Waals surface area contributed by atoms with Crippen LogP contribution in [0.3, 0.4) is 0 Å². The van der Waals surface area contributed by atoms with Crippen molar-refractivity contribution in [3.8, 4) is 0 Å². The van der Waals surface area contributed by atoms with E-state index in [9.17, 15) is 14.7 Å². The van der Waals surface area contributed by atoms with Crippen LogP contribution in [0.5, 0.6) is 0 Å². The number of nitrogens with zero attached hydrogens (tertiary/aromatic N) is 3. The lowest BCUT2D eigenvalue weighted by atomic mass is 9.74. The van der Waals surface area contributed by atoms with Crippen LogP contribution in [-0.2, 0) is 28.5 Å². The Kier molecular flexibility index (Phi) is 13.1. The monoisotopic (exact) mass is 639 g/mol. The van der Waals surface area contributed by atoms with Gasteiger partial charge in [-0.1, -0.05) is 27.7 Å². The highest BCUT2D eigenvalue weighted by atomic mass is 16.7. The van der Waals surface area contributed by atoms with E-state index in [1.54, 1.807) is 27.9 Å². The van der Waals surface area contributed by atoms with Gasteiger partial charge in [0, 0.05) is 44.2 Å². The normalized spacial score (nSPS) is 40.9. The highest BCUT2D eigenvalue weighted by Crippen LogP contribution is 2.40. The maximum atomic E-state index is 14.2. The Morgan fingerprint density at radius 3 is 2.24 bits per heavy atom. The molecule has 1 saturated carbocycles. The van der Waals surface area contributed by atoms with Crippen LogP contribution in [0.1, 0.15) is 81.1 Å². The Labute approximate surface area is 273 Å². The second kappa shape index (κ2) is 15.4. The molecule has 2 aliphatic heterocycles. The molecule has 0 amide bonds. The number of aliphatic hydroxyl groups excluding tert-OH is 1. The summed E-state index contributed by atoms with van der Waals surface area (Å²) in [5.74, 6) is -0.359. The van der Waals surface area contributed by atoms with Gasteiger partial charge in [-0.15, -0.1) is 0 Å². The fraction of sp³-hybridized carbons (Fsp3) is 0.943. The number of hydrogen-bond acceptors (Lipinski definition) is 10. The smallest absolute Gasteiger partial charge is 0.319 e. The summed E-state index contributed by atoms with van der Waals surface area (Å²) >= 11 is 0. The van der Waals surface area contributed by atoms with E-state index in [0.29, 0.717) is 30.7 Å². The van der Waals surface area contributed by atoms with Crippen LogP contribution >= 0.6 is 0 Å². The van der Waals surface area contributed by atoms with E-state index in [1.807, 2.05) is 32.8 Å². The largest absolute Gasteiger partial charge is 0.463 e. The number of ketones is 1. The van der Waals surface area contributed by atoms with Crippen LogP contribution in [0.4, 0.5) is 0 Å². The number of rotatable bonds is 8. The number of cyclic esters (lactones) is 1. The standard InChI is InChI=1S/C35H65N3O7/c1-21(2)18-37(11)26-15-25(16-26)28-20-43-33(41)34(6,7)30(40)24(5)31(35(8,42-13)17-22(3)19-38(28)12)45-32-29(39)27(36(9)10)14-23(4)44-32/h21-29,31-32,39H,14-20H2,1-13H3/t22-,23-,24+,25-,26-,27+,28+,29-,31-,32+,35-/m1/s1. The van der Waals surface area contributed by atoms with Crippen molar-refractivity contribution in [1.82, 2.24) is 14.7 Å². The number of aliphatic hydroxyl groups is 1. The van der Waals surface area contributed by atoms with Gasteiger partial charge in [0.25, 0.3) is 0 Å². The molecular formula is C35H65N3O7. The highest BCUT2D eigenvalue weighted by molar-refractivity contribution is 6.04. The van der Waals surface area contributed by atoms with Crippen LogP contribution in [0.15, 0.2) is 0 Å². The molecule has 2 heterocycles. The molecular weight excluding hydrogens is 574 g/mol. The van der Waals surface area contributed by atoms with Gasteiger partial charge in [0.15, 0.2) is 12.1 Å². The average molecular weight is 640 g/mol. The van der Waals surface area contributed by atoms with Crippen molar-refractivity contribution in [2.24, 2.45) is 29.1 Å². The number of esters is 1. The van der Waals surface area contributed by atoms with Gasteiger partial charge in [0.1, 0.15) is 18.1 Å². The molecule has 9 atom stereocenters. The zero-order valence-corrected chi connectivity index (χ0v) is 30.5. The summed E-state index contributed by atoms with van der Waals surface area (Å²) in [6.07, 6.45) is 0.583. The van der Waals surface area contributed by atoms with Crippen LogP contribution in [0.2, 0.25) is 0 Å². The number of methoxy groups -OCH3 is 1. The average Bonchev–Trinajstić information content (AvgIpc) is 2.91. The molecule has 3 fully saturated rings. The van der Waals surface area contributed by atoms with E-state index >= 15 is 0 Å². The van der Waals surface area contributed by atoms with E-state index in [2.05, 4.69) is 44.7 Å². The molecule has 45 heavy (non-hydrogen) atoms. The van der Waals surface area contributed by atoms with Crippen molar-refractivity contribution >= 4 is 11.8 Å². The third kappa shape index (κ3) is 8.86. The van der Waals surface area contributed by atoms with Gasteiger partial charge in [-0.05, 0) is 99.3 Å². The molecule has 0 unspecified atom stereocenters. The maximum Gasteiger partial charge on any atom is 0.319 e. The minimum absolute atomic E-state index is 0.0558. The van der Waals surface area contributed by atoms with Gasteiger partial charge in [-0.25, -0.2) is 0 Å². The predicted molar refractivity (Wildman–Crippen MR) is 176 cm³/mol. The van der Waals surface area contributed by atoms with Gasteiger partial charge in [0.2, 0.25) is 0 Å². The Hall–Kier alpha value is -1.14. The Bertz CT molecular complexity index is 986. The van der Waals surface area contributed by atoms with Crippen molar-refractivity contribution in [2.75, 3.05) is 55.0 Å². The lowest BCUT2D eigenvalue weighted by Crippen LogP contribution is -2.59. The second-order valence-electron chi connectivity index (χ2n) is 16.1. The minimum Gasteiger partial charge on any atom is -0.463 e. The van der Waals surface area contributed by atoms with Gasteiger partial charge in [-0.3, -0.25) is 14.5 Å². The fourth-order valence-corrected chi connectivity index (χ4v) is 8.09. The zero-order valence-electron chi connectivity index (χ0n) is 30.5. The minimum atomic E-state index is -1.40. The molecule has 0 aromatic carbocycles. The van der Waals surface area contributed by atoms with Crippen LogP contribution in [0.25, 0.3) is 0 Å². The summed E-state index contributed by atoms with van der Waals surface area (Å²) < 4.78 is 25.0. The van der Waals surface area contributed by atoms with E-state index in [4.69, 9.17) is 18.9 Å². The summed E-state index contributed by atoms with van der Waals surface area (Å²) in [5.41, 5.74) is -2.30. The van der Waals surface area contributed by atoms with Crippen molar-refractivity contribution in [2.45, 2.75) is 129 Å². The molecule has 3 rings (SSSR count). The highest BCUT2D eigenvalue weighted by Gasteiger charge is 2.52. The van der Waals surface area contributed by atoms with Crippen LogP contribution in [0, 0.1) is 29.1 Å². The summed E-state index contributed by atoms with van der Waals surface area (Å²) in [6.45, 7) is 17.8. The maximum absolute atomic E-state index is 14.2. The van der Waals surface area contributed by atoms with E-state index < -0.39 is 41.4 Å². The molecule has 2 saturated heterocycles. The van der Waals surface area contributed by atoms with Crippen molar-refractivity contribution in [3.05, 3.63) is 0 Å². The SMILES string of the molecule is CO[C@]1(C)C[C@@H](C)CN(C)[C@H]([C@H]2C[C@H](N(C)CC(C)C)C2)COC(=O)C(C)(C)C(=O)[C@H](C)[C@H]1O[C@@H]1O[C@H](C)C[C@H](N(C)C)[C@H]1O. The molecule has 0 aromatic rings. The number of Topliss-reactive ketones (excluding diaryl/α,β-unsaturated/α-hetero) is 1. The zero-order chi connectivity index (χ0) is 34.0. The number of ether oxygens (including phenoxy) is 4. The third-order valence-electron chi connectivity index (χ3n) is 10.9. The van der Waals surface area contributed by atoms with Crippen molar-refractivity contribution in [3.63, 3.8) is 0 Å². The van der Waals surface area contributed by atoms with Crippen LogP contribution in [-0.4, -0.2) is 135 Å². The first-order valence-electron chi connectivity index (χ1n) is 17.1. The quantitative estimate of drug-likeness (QED) is 0.313. The van der Waals surface area contributed by atoms with E-state index in [0.717, 1.165) is 25.9 Å². The number of carbonyl (C=O) groups excluding carboxylic acids is 2. The summed E-state index contributed by atoms with van der Waals surface area (Å²) in [4.78, 5) is 34.7. The molecule has 3 aliphatic rings. The number of likely N-dealkylation sites (N-methyl/N-ethyl adjacent to an activating group) is 2. The Morgan fingerprint density at radius 1 is 1.07 bits per heavy atom. The molecule has 1 aliphatic carbocycles. The van der Waals surface area contributed by atoms with Gasteiger partial charge in [0.05, 0.1) is 17.8 Å². The lowest BCUT2D eigenvalue weighted by molar-refractivity contribution is -0.295. The first kappa shape index (κ1) is 38.3. The van der Waals surface area contributed by atoms with Gasteiger partial charge < -0.3 is 33.9 Å². The first-order chi connectivity index (χ1) is 20.8. The molecule has 0 bridgehead atoms. The van der Waals surface area contributed by atoms with Crippen molar-refractivity contribution in [1.29, 1.82) is 0 Å². The van der Waals surface area contributed by atoms with Crippen molar-refractivity contribution < 1.29 is 33.6 Å². The number of carbonyl (C=O) groups is 2. The van der Waals surface area contributed by atoms with Gasteiger partial charge >= 0.3 is 5.97 Å². The molecule has 1 N–H and O–H groups in total. The summed E-state index contributed by atoms with van der Waals surface area (Å²) in [5, 5.41) is 11.3. The fourth-order valence-electron chi connectivity index (χ4n) is 8.09. The summed E-state index contributed by atoms with van der Waals surface area (Å²) in [7, 11) is 9.83. The van der Waals surface area contributed by atoms with Gasteiger partial charge in [-0.2, -0.15) is 0 Å². The molecule has 10 nitrogen and oxygen atoms in total. The lowest BCUT2D eigenvalue weighted by Gasteiger charge is -2.48. The number of hydrogen-bond donors (Lipinski definition) is 1.